The number of hydrogen-bond donors (Lipinski definition) is 1. The normalized spacial score (nSPS) is 32.1. The minimum atomic E-state index is -0.258. The zero-order valence-electron chi connectivity index (χ0n) is 17.3. The lowest BCUT2D eigenvalue weighted by atomic mass is 9.53. The number of hydrogen-bond acceptors (Lipinski definition) is 3. The van der Waals surface area contributed by atoms with E-state index in [1.54, 1.807) is 4.90 Å². The lowest BCUT2D eigenvalue weighted by Crippen LogP contribution is -2.60. The standard InChI is InChI=1S/C24H29N3O3/c28-22(25-24-13-16-9-17(14-24)11-18(10-16)15-24)21-12-19-3-1-2-4-20(19)27(21)6-5-26-7-8-30-23(26)29/h1-4,12,16-18H,5-11,13-15H2,(H,25,28). The Bertz CT molecular complexity index is 975. The maximum absolute atomic E-state index is 13.5. The number of ether oxygens (including phenoxy) is 1. The lowest BCUT2D eigenvalue weighted by molar-refractivity contribution is -0.0168. The SMILES string of the molecule is O=C(NC12CC3CC(CC(C3)C1)C2)c1cc2ccccc2n1CCN1CCOC1=O. The van der Waals surface area contributed by atoms with Crippen LogP contribution in [0.3, 0.4) is 0 Å². The Kier molecular flexibility index (Phi) is 4.12. The molecule has 4 aliphatic carbocycles. The van der Waals surface area contributed by atoms with Crippen LogP contribution in [0.2, 0.25) is 0 Å². The summed E-state index contributed by atoms with van der Waals surface area (Å²) in [7, 11) is 0. The molecule has 0 atom stereocenters. The Morgan fingerprint density at radius 2 is 1.77 bits per heavy atom. The van der Waals surface area contributed by atoms with E-state index >= 15 is 0 Å². The van der Waals surface area contributed by atoms with Crippen molar-refractivity contribution in [2.75, 3.05) is 19.7 Å². The Morgan fingerprint density at radius 3 is 2.43 bits per heavy atom. The van der Waals surface area contributed by atoms with E-state index in [0.717, 1.165) is 47.9 Å². The van der Waals surface area contributed by atoms with Crippen molar-refractivity contribution in [3.8, 4) is 0 Å². The summed E-state index contributed by atoms with van der Waals surface area (Å²) in [5.74, 6) is 2.42. The second-order valence-electron chi connectivity index (χ2n) is 9.99. The minimum Gasteiger partial charge on any atom is -0.448 e. The first-order valence-electron chi connectivity index (χ1n) is 11.4. The number of cyclic esters (lactones) is 1. The number of amides is 2. The molecule has 1 aliphatic heterocycles. The van der Waals surface area contributed by atoms with Crippen LogP contribution in [0.15, 0.2) is 30.3 Å². The van der Waals surface area contributed by atoms with Crippen molar-refractivity contribution >= 4 is 22.9 Å². The number of nitrogens with one attached hydrogen (secondary N) is 1. The van der Waals surface area contributed by atoms with Crippen molar-refractivity contribution in [2.24, 2.45) is 17.8 Å². The third kappa shape index (κ3) is 2.99. The van der Waals surface area contributed by atoms with Gasteiger partial charge in [-0.25, -0.2) is 4.79 Å². The fraction of sp³-hybridized carbons (Fsp3) is 0.583. The molecule has 2 amide bonds. The van der Waals surface area contributed by atoms with Gasteiger partial charge < -0.3 is 19.5 Å². The second-order valence-corrected chi connectivity index (χ2v) is 9.99. The molecule has 4 saturated carbocycles. The molecule has 5 aliphatic rings. The number of nitrogens with zero attached hydrogens (tertiary/aromatic N) is 2. The van der Waals surface area contributed by atoms with E-state index < -0.39 is 0 Å². The molecule has 0 unspecified atom stereocenters. The molecule has 6 nitrogen and oxygen atoms in total. The number of carbonyl (C=O) groups is 2. The highest BCUT2D eigenvalue weighted by atomic mass is 16.6. The first-order valence-corrected chi connectivity index (χ1v) is 11.4. The van der Waals surface area contributed by atoms with Crippen LogP contribution in [-0.4, -0.2) is 46.7 Å². The van der Waals surface area contributed by atoms with Gasteiger partial charge in [0.15, 0.2) is 0 Å². The van der Waals surface area contributed by atoms with Gasteiger partial charge in [0.1, 0.15) is 12.3 Å². The van der Waals surface area contributed by atoms with E-state index in [4.69, 9.17) is 4.74 Å². The van der Waals surface area contributed by atoms with Crippen molar-refractivity contribution in [1.29, 1.82) is 0 Å². The molecule has 30 heavy (non-hydrogen) atoms. The van der Waals surface area contributed by atoms with E-state index in [0.29, 0.717) is 31.9 Å². The van der Waals surface area contributed by atoms with Gasteiger partial charge in [-0.1, -0.05) is 18.2 Å². The van der Waals surface area contributed by atoms with Crippen molar-refractivity contribution < 1.29 is 14.3 Å². The van der Waals surface area contributed by atoms with Crippen LogP contribution in [0.4, 0.5) is 4.79 Å². The summed E-state index contributed by atoms with van der Waals surface area (Å²) in [6.45, 7) is 2.21. The molecule has 1 aromatic heterocycles. The fourth-order valence-electron chi connectivity index (χ4n) is 7.06. The quantitative estimate of drug-likeness (QED) is 0.820. The first kappa shape index (κ1) is 18.3. The average molecular weight is 408 g/mol. The molecule has 6 heteroatoms. The predicted octanol–water partition coefficient (Wildman–Crippen LogP) is 3.79. The predicted molar refractivity (Wildman–Crippen MR) is 113 cm³/mol. The molecular weight excluding hydrogens is 378 g/mol. The van der Waals surface area contributed by atoms with Crippen LogP contribution in [0.1, 0.15) is 49.0 Å². The van der Waals surface area contributed by atoms with Crippen LogP contribution < -0.4 is 5.32 Å². The molecule has 5 fully saturated rings. The van der Waals surface area contributed by atoms with Crippen LogP contribution in [0, 0.1) is 17.8 Å². The molecule has 0 radical (unpaired) electrons. The summed E-state index contributed by atoms with van der Waals surface area (Å²) in [6.07, 6.45) is 7.26. The van der Waals surface area contributed by atoms with Crippen molar-refractivity contribution in [3.05, 3.63) is 36.0 Å². The van der Waals surface area contributed by atoms with Gasteiger partial charge in [0.05, 0.1) is 6.54 Å². The number of rotatable bonds is 5. The molecule has 1 saturated heterocycles. The van der Waals surface area contributed by atoms with E-state index in [1.807, 2.05) is 18.2 Å². The highest BCUT2D eigenvalue weighted by molar-refractivity contribution is 5.99. The van der Waals surface area contributed by atoms with Gasteiger partial charge in [0.2, 0.25) is 0 Å². The number of aromatic nitrogens is 1. The minimum absolute atomic E-state index is 0.00806. The van der Waals surface area contributed by atoms with Crippen LogP contribution in [0.5, 0.6) is 0 Å². The van der Waals surface area contributed by atoms with Crippen molar-refractivity contribution in [2.45, 2.75) is 50.6 Å². The van der Waals surface area contributed by atoms with Crippen molar-refractivity contribution in [3.63, 3.8) is 0 Å². The van der Waals surface area contributed by atoms with Crippen molar-refractivity contribution in [1.82, 2.24) is 14.8 Å². The molecule has 1 N–H and O–H groups in total. The topological polar surface area (TPSA) is 63.6 Å². The maximum atomic E-state index is 13.5. The van der Waals surface area contributed by atoms with Crippen LogP contribution in [0.25, 0.3) is 10.9 Å². The van der Waals surface area contributed by atoms with Gasteiger partial charge in [-0.05, 0) is 68.4 Å². The number of para-hydroxylation sites is 1. The number of benzene rings is 1. The van der Waals surface area contributed by atoms with E-state index in [-0.39, 0.29) is 17.5 Å². The second kappa shape index (κ2) is 6.76. The largest absolute Gasteiger partial charge is 0.448 e. The lowest BCUT2D eigenvalue weighted by Gasteiger charge is -2.56. The highest BCUT2D eigenvalue weighted by Crippen LogP contribution is 2.55. The Balaban J connectivity index is 1.28. The zero-order chi connectivity index (χ0) is 20.3. The fourth-order valence-corrected chi connectivity index (χ4v) is 7.06. The van der Waals surface area contributed by atoms with Crippen LogP contribution >= 0.6 is 0 Å². The summed E-state index contributed by atoms with van der Waals surface area (Å²) in [5, 5.41) is 4.58. The Hall–Kier alpha value is -2.50. The van der Waals surface area contributed by atoms with Gasteiger partial charge in [-0.2, -0.15) is 0 Å². The maximum Gasteiger partial charge on any atom is 0.410 e. The molecule has 7 rings (SSSR count). The molecule has 2 heterocycles. The first-order chi connectivity index (χ1) is 14.6. The molecular formula is C24H29N3O3. The van der Waals surface area contributed by atoms with Crippen LogP contribution in [-0.2, 0) is 11.3 Å². The summed E-state index contributed by atoms with van der Waals surface area (Å²) in [6, 6.07) is 10.1. The van der Waals surface area contributed by atoms with Gasteiger partial charge in [0.25, 0.3) is 5.91 Å². The summed E-state index contributed by atoms with van der Waals surface area (Å²) in [5.41, 5.74) is 1.74. The third-order valence-corrected chi connectivity index (χ3v) is 7.90. The molecule has 1 aromatic carbocycles. The third-order valence-electron chi connectivity index (χ3n) is 7.90. The molecule has 4 bridgehead atoms. The zero-order valence-corrected chi connectivity index (χ0v) is 17.3. The average Bonchev–Trinajstić information content (AvgIpc) is 3.28. The van der Waals surface area contributed by atoms with Gasteiger partial charge in [-0.3, -0.25) is 4.79 Å². The number of carbonyl (C=O) groups excluding carboxylic acids is 2. The van der Waals surface area contributed by atoms with Gasteiger partial charge >= 0.3 is 6.09 Å². The Labute approximate surface area is 176 Å². The Morgan fingerprint density at radius 1 is 1.07 bits per heavy atom. The summed E-state index contributed by atoms with van der Waals surface area (Å²) < 4.78 is 7.14. The van der Waals surface area contributed by atoms with E-state index in [9.17, 15) is 9.59 Å². The monoisotopic (exact) mass is 407 g/mol. The van der Waals surface area contributed by atoms with Gasteiger partial charge in [-0.15, -0.1) is 0 Å². The smallest absolute Gasteiger partial charge is 0.410 e. The molecule has 158 valence electrons. The summed E-state index contributed by atoms with van der Waals surface area (Å²) >= 11 is 0. The highest BCUT2D eigenvalue weighted by Gasteiger charge is 2.51. The number of fused-ring (bicyclic) bond motifs is 1. The van der Waals surface area contributed by atoms with Gasteiger partial charge in [0, 0.05) is 29.5 Å². The molecule has 0 spiro atoms. The van der Waals surface area contributed by atoms with E-state index in [2.05, 4.69) is 22.0 Å². The summed E-state index contributed by atoms with van der Waals surface area (Å²) in [4.78, 5) is 27.1. The van der Waals surface area contributed by atoms with E-state index in [1.165, 1.54) is 19.3 Å². The molecule has 2 aromatic rings.